The van der Waals surface area contributed by atoms with Crippen molar-refractivity contribution >= 4 is 31.2 Å². The highest BCUT2D eigenvalue weighted by Crippen LogP contribution is 2.21. The molecule has 0 radical (unpaired) electrons. The van der Waals surface area contributed by atoms with Crippen molar-refractivity contribution in [1.82, 2.24) is 0 Å². The highest BCUT2D eigenvalue weighted by molar-refractivity contribution is 7.81. The molecule has 0 fully saturated rings. The molecule has 0 unspecified atom stereocenters. The minimum Gasteiger partial charge on any atom is -0.478 e. The summed E-state index contributed by atoms with van der Waals surface area (Å²) >= 11 is 8.17. The van der Waals surface area contributed by atoms with Crippen molar-refractivity contribution in [1.29, 1.82) is 0 Å². The van der Waals surface area contributed by atoms with E-state index < -0.39 is 5.97 Å². The first kappa shape index (κ1) is 9.48. The molecular weight excluding hydrogens is 192 g/mol. The van der Waals surface area contributed by atoms with Gasteiger partial charge < -0.3 is 5.11 Å². The van der Waals surface area contributed by atoms with Gasteiger partial charge in [0.25, 0.3) is 0 Å². The average Bonchev–Trinajstić information content (AvgIpc) is 1.96. The van der Waals surface area contributed by atoms with Crippen molar-refractivity contribution in [2.45, 2.75) is 16.7 Å². The topological polar surface area (TPSA) is 37.3 Å². The molecule has 0 aliphatic heterocycles. The molecule has 0 amide bonds. The summed E-state index contributed by atoms with van der Waals surface area (Å²) in [6, 6.07) is 3.23. The summed E-state index contributed by atoms with van der Waals surface area (Å²) in [5.74, 6) is -0.946. The van der Waals surface area contributed by atoms with E-state index in [0.29, 0.717) is 15.4 Å². The molecule has 2 nitrogen and oxygen atoms in total. The summed E-state index contributed by atoms with van der Waals surface area (Å²) in [6.45, 7) is 1.72. The third-order valence-electron chi connectivity index (χ3n) is 1.60. The fourth-order valence-corrected chi connectivity index (χ4v) is 1.53. The van der Waals surface area contributed by atoms with Crippen LogP contribution in [0.25, 0.3) is 0 Å². The van der Waals surface area contributed by atoms with Gasteiger partial charge in [0.1, 0.15) is 0 Å². The number of carboxylic acid groups (broad SMARTS) is 1. The first-order chi connectivity index (χ1) is 5.52. The van der Waals surface area contributed by atoms with E-state index in [1.165, 1.54) is 6.07 Å². The molecule has 0 aliphatic carbocycles. The van der Waals surface area contributed by atoms with Gasteiger partial charge in [0.2, 0.25) is 0 Å². The van der Waals surface area contributed by atoms with Crippen LogP contribution in [0.5, 0.6) is 0 Å². The van der Waals surface area contributed by atoms with Crippen molar-refractivity contribution in [2.75, 3.05) is 0 Å². The van der Waals surface area contributed by atoms with Gasteiger partial charge >= 0.3 is 5.97 Å². The Morgan fingerprint density at radius 1 is 1.42 bits per heavy atom. The maximum absolute atomic E-state index is 10.7. The number of rotatable bonds is 1. The third kappa shape index (κ3) is 1.76. The average molecular weight is 200 g/mol. The Morgan fingerprint density at radius 3 is 2.50 bits per heavy atom. The Balaban J connectivity index is 3.37. The van der Waals surface area contributed by atoms with Gasteiger partial charge in [0, 0.05) is 9.79 Å². The predicted molar refractivity (Wildman–Crippen MR) is 52.6 cm³/mol. The first-order valence-electron chi connectivity index (χ1n) is 3.28. The second kappa shape index (κ2) is 3.41. The fraction of sp³-hybridized carbons (Fsp3) is 0.125. The lowest BCUT2D eigenvalue weighted by atomic mass is 10.1. The second-order valence-corrected chi connectivity index (χ2v) is 3.44. The minimum absolute atomic E-state index is 0.257. The van der Waals surface area contributed by atoms with Gasteiger partial charge in [-0.15, -0.1) is 25.3 Å². The van der Waals surface area contributed by atoms with E-state index in [0.717, 1.165) is 0 Å². The zero-order valence-electron chi connectivity index (χ0n) is 6.40. The molecule has 4 heteroatoms. The molecule has 64 valence electrons. The van der Waals surface area contributed by atoms with Crippen molar-refractivity contribution in [3.63, 3.8) is 0 Å². The molecule has 1 aromatic rings. The van der Waals surface area contributed by atoms with Gasteiger partial charge in [-0.25, -0.2) is 4.79 Å². The summed E-state index contributed by atoms with van der Waals surface area (Å²) < 4.78 is 0. The Bertz CT molecular complexity index is 334. The van der Waals surface area contributed by atoms with Crippen LogP contribution in [0, 0.1) is 6.92 Å². The Morgan fingerprint density at radius 2 is 2.00 bits per heavy atom. The van der Waals surface area contributed by atoms with E-state index in [-0.39, 0.29) is 5.56 Å². The van der Waals surface area contributed by atoms with Gasteiger partial charge in [0.15, 0.2) is 0 Å². The van der Waals surface area contributed by atoms with E-state index in [4.69, 9.17) is 5.11 Å². The van der Waals surface area contributed by atoms with Gasteiger partial charge in [-0.3, -0.25) is 0 Å². The smallest absolute Gasteiger partial charge is 0.336 e. The Labute approximate surface area is 81.4 Å². The third-order valence-corrected chi connectivity index (χ3v) is 2.32. The zero-order chi connectivity index (χ0) is 9.30. The van der Waals surface area contributed by atoms with Crippen LogP contribution >= 0.6 is 25.3 Å². The van der Waals surface area contributed by atoms with Crippen LogP contribution in [-0.2, 0) is 0 Å². The van der Waals surface area contributed by atoms with Gasteiger partial charge in [0.05, 0.1) is 5.56 Å². The first-order valence-corrected chi connectivity index (χ1v) is 4.17. The molecule has 0 aromatic heterocycles. The number of aromatic carboxylic acids is 1. The second-order valence-electron chi connectivity index (χ2n) is 2.44. The predicted octanol–water partition coefficient (Wildman–Crippen LogP) is 2.27. The molecular formula is C8H8O2S2. The molecule has 0 saturated carbocycles. The number of carbonyl (C=O) groups is 1. The van der Waals surface area contributed by atoms with E-state index in [1.54, 1.807) is 13.0 Å². The fourth-order valence-electron chi connectivity index (χ4n) is 0.906. The maximum Gasteiger partial charge on any atom is 0.336 e. The molecule has 12 heavy (non-hydrogen) atoms. The number of benzene rings is 1. The molecule has 0 heterocycles. The highest BCUT2D eigenvalue weighted by Gasteiger charge is 2.09. The van der Waals surface area contributed by atoms with Crippen LogP contribution in [0.2, 0.25) is 0 Å². The molecule has 1 rings (SSSR count). The summed E-state index contributed by atoms with van der Waals surface area (Å²) in [5, 5.41) is 8.75. The lowest BCUT2D eigenvalue weighted by Crippen LogP contribution is -2.00. The Hall–Kier alpha value is -0.610. The van der Waals surface area contributed by atoms with E-state index in [9.17, 15) is 4.79 Å². The Kier molecular flexibility index (Phi) is 2.69. The SMILES string of the molecule is Cc1c(S)cc(S)cc1C(=O)O. The van der Waals surface area contributed by atoms with Crippen molar-refractivity contribution in [3.05, 3.63) is 23.3 Å². The summed E-state index contributed by atoms with van der Waals surface area (Å²) in [4.78, 5) is 11.9. The quantitative estimate of drug-likeness (QED) is 0.608. The van der Waals surface area contributed by atoms with Crippen LogP contribution in [0.1, 0.15) is 15.9 Å². The van der Waals surface area contributed by atoms with E-state index in [1.807, 2.05) is 0 Å². The van der Waals surface area contributed by atoms with Gasteiger partial charge in [-0.2, -0.15) is 0 Å². The molecule has 0 spiro atoms. The van der Waals surface area contributed by atoms with Crippen molar-refractivity contribution in [3.8, 4) is 0 Å². The molecule has 0 atom stereocenters. The lowest BCUT2D eigenvalue weighted by molar-refractivity contribution is 0.0695. The molecule has 0 aliphatic rings. The van der Waals surface area contributed by atoms with Crippen molar-refractivity contribution < 1.29 is 9.90 Å². The monoisotopic (exact) mass is 200 g/mol. The van der Waals surface area contributed by atoms with Gasteiger partial charge in [-0.05, 0) is 24.6 Å². The highest BCUT2D eigenvalue weighted by atomic mass is 32.1. The van der Waals surface area contributed by atoms with Crippen LogP contribution in [0.15, 0.2) is 21.9 Å². The van der Waals surface area contributed by atoms with Crippen LogP contribution in [-0.4, -0.2) is 11.1 Å². The summed E-state index contributed by atoms with van der Waals surface area (Å²) in [7, 11) is 0. The number of hydrogen-bond donors (Lipinski definition) is 3. The molecule has 0 saturated heterocycles. The molecule has 0 bridgehead atoms. The van der Waals surface area contributed by atoms with Crippen LogP contribution in [0.4, 0.5) is 0 Å². The lowest BCUT2D eigenvalue weighted by Gasteiger charge is -2.04. The summed E-state index contributed by atoms with van der Waals surface area (Å²) in [6.07, 6.45) is 0. The number of hydrogen-bond acceptors (Lipinski definition) is 3. The molecule has 1 aromatic carbocycles. The van der Waals surface area contributed by atoms with Crippen molar-refractivity contribution in [2.24, 2.45) is 0 Å². The number of thiol groups is 2. The zero-order valence-corrected chi connectivity index (χ0v) is 8.19. The standard InChI is InChI=1S/C8H8O2S2/c1-4-6(8(9)10)2-5(11)3-7(4)12/h2-3,11-12H,1H3,(H,9,10). The van der Waals surface area contributed by atoms with E-state index in [2.05, 4.69) is 25.3 Å². The van der Waals surface area contributed by atoms with Gasteiger partial charge in [-0.1, -0.05) is 0 Å². The van der Waals surface area contributed by atoms with Crippen LogP contribution < -0.4 is 0 Å². The normalized spacial score (nSPS) is 9.92. The molecule has 1 N–H and O–H groups in total. The number of carboxylic acids is 1. The van der Waals surface area contributed by atoms with E-state index >= 15 is 0 Å². The van der Waals surface area contributed by atoms with Crippen LogP contribution in [0.3, 0.4) is 0 Å². The maximum atomic E-state index is 10.7. The minimum atomic E-state index is -0.946. The largest absolute Gasteiger partial charge is 0.478 e. The summed E-state index contributed by atoms with van der Waals surface area (Å²) in [5.41, 5.74) is 0.927.